The van der Waals surface area contributed by atoms with E-state index in [-0.39, 0.29) is 5.41 Å². The lowest BCUT2D eigenvalue weighted by molar-refractivity contribution is 0.166. The molecule has 100 valence electrons. The number of hydrogen-bond acceptors (Lipinski definition) is 4. The fraction of sp³-hybridized carbons (Fsp3) is 1.00. The molecule has 4 nitrogen and oxygen atoms in total. The van der Waals surface area contributed by atoms with E-state index in [1.807, 2.05) is 0 Å². The van der Waals surface area contributed by atoms with Gasteiger partial charge in [0.2, 0.25) is 0 Å². The van der Waals surface area contributed by atoms with Crippen LogP contribution in [0.5, 0.6) is 0 Å². The van der Waals surface area contributed by atoms with E-state index < -0.39 is 9.84 Å². The van der Waals surface area contributed by atoms with Gasteiger partial charge in [0.1, 0.15) is 0 Å². The van der Waals surface area contributed by atoms with Crippen molar-refractivity contribution in [2.75, 3.05) is 37.7 Å². The lowest BCUT2D eigenvalue weighted by Crippen LogP contribution is -2.42. The van der Waals surface area contributed by atoms with Gasteiger partial charge in [-0.25, -0.2) is 8.42 Å². The van der Waals surface area contributed by atoms with Crippen molar-refractivity contribution in [1.29, 1.82) is 0 Å². The van der Waals surface area contributed by atoms with Crippen molar-refractivity contribution in [3.05, 3.63) is 0 Å². The summed E-state index contributed by atoms with van der Waals surface area (Å²) >= 11 is 0. The summed E-state index contributed by atoms with van der Waals surface area (Å²) < 4.78 is 23.1. The summed E-state index contributed by atoms with van der Waals surface area (Å²) in [6, 6.07) is 0. The average molecular weight is 260 g/mol. The van der Waals surface area contributed by atoms with Gasteiger partial charge in [-0.1, -0.05) is 12.8 Å². The molecule has 5 heteroatoms. The highest BCUT2D eigenvalue weighted by Gasteiger charge is 2.34. The fourth-order valence-electron chi connectivity index (χ4n) is 3.17. The minimum absolute atomic E-state index is 0.272. The number of nitrogens with zero attached hydrogens (tertiary/aromatic N) is 1. The first-order valence-electron chi connectivity index (χ1n) is 6.68. The molecule has 0 aromatic carbocycles. The van der Waals surface area contributed by atoms with Crippen LogP contribution in [-0.4, -0.2) is 51.0 Å². The largest absolute Gasteiger partial charge is 0.330 e. The standard InChI is InChI=1S/C12H24N2O2S/c13-10-12(4-1-2-5-12)11-14-6-3-8-17(15,16)9-7-14/h1-11,13H2. The van der Waals surface area contributed by atoms with Crippen LogP contribution in [0, 0.1) is 5.41 Å². The summed E-state index contributed by atoms with van der Waals surface area (Å²) in [5.74, 6) is 0.687. The monoisotopic (exact) mass is 260 g/mol. The van der Waals surface area contributed by atoms with Crippen molar-refractivity contribution in [1.82, 2.24) is 4.90 Å². The van der Waals surface area contributed by atoms with E-state index in [0.29, 0.717) is 18.1 Å². The lowest BCUT2D eigenvalue weighted by atomic mass is 9.85. The Hall–Kier alpha value is -0.130. The van der Waals surface area contributed by atoms with Crippen LogP contribution in [0.25, 0.3) is 0 Å². The lowest BCUT2D eigenvalue weighted by Gasteiger charge is -2.33. The Balaban J connectivity index is 1.94. The predicted octanol–water partition coefficient (Wildman–Crippen LogP) is 0.626. The van der Waals surface area contributed by atoms with Gasteiger partial charge in [0.05, 0.1) is 11.5 Å². The highest BCUT2D eigenvalue weighted by atomic mass is 32.2. The molecule has 2 fully saturated rings. The Labute approximate surface area is 104 Å². The summed E-state index contributed by atoms with van der Waals surface area (Å²) in [4.78, 5) is 2.32. The smallest absolute Gasteiger partial charge is 0.151 e. The van der Waals surface area contributed by atoms with Gasteiger partial charge in [-0.15, -0.1) is 0 Å². The summed E-state index contributed by atoms with van der Waals surface area (Å²) in [7, 11) is -2.79. The Morgan fingerprint density at radius 2 is 1.76 bits per heavy atom. The highest BCUT2D eigenvalue weighted by molar-refractivity contribution is 7.91. The maximum Gasteiger partial charge on any atom is 0.151 e. The van der Waals surface area contributed by atoms with Crippen molar-refractivity contribution in [3.8, 4) is 0 Å². The van der Waals surface area contributed by atoms with Crippen LogP contribution in [0.2, 0.25) is 0 Å². The maximum atomic E-state index is 11.6. The first-order chi connectivity index (χ1) is 8.05. The van der Waals surface area contributed by atoms with Crippen LogP contribution in [0.15, 0.2) is 0 Å². The molecular weight excluding hydrogens is 236 g/mol. The molecule has 0 atom stereocenters. The average Bonchev–Trinajstić information content (AvgIpc) is 2.68. The number of hydrogen-bond donors (Lipinski definition) is 1. The van der Waals surface area contributed by atoms with Gasteiger partial charge in [0, 0.05) is 13.1 Å². The molecule has 0 bridgehead atoms. The molecule has 1 heterocycles. The molecule has 1 saturated heterocycles. The highest BCUT2D eigenvalue weighted by Crippen LogP contribution is 2.37. The van der Waals surface area contributed by atoms with E-state index in [0.717, 1.165) is 26.1 Å². The second-order valence-corrected chi connectivity index (χ2v) is 8.00. The molecule has 17 heavy (non-hydrogen) atoms. The molecule has 1 aliphatic carbocycles. The van der Waals surface area contributed by atoms with Gasteiger partial charge in [-0.05, 0) is 37.8 Å². The normalized spacial score (nSPS) is 29.0. The molecule has 2 rings (SSSR count). The van der Waals surface area contributed by atoms with E-state index in [1.165, 1.54) is 25.7 Å². The zero-order valence-corrected chi connectivity index (χ0v) is 11.3. The molecule has 0 aromatic rings. The van der Waals surface area contributed by atoms with Gasteiger partial charge < -0.3 is 10.6 Å². The molecule has 0 aromatic heterocycles. The van der Waals surface area contributed by atoms with Crippen LogP contribution in [-0.2, 0) is 9.84 Å². The van der Waals surface area contributed by atoms with E-state index in [2.05, 4.69) is 4.90 Å². The van der Waals surface area contributed by atoms with Crippen LogP contribution in [0.3, 0.4) is 0 Å². The molecule has 1 saturated carbocycles. The second kappa shape index (κ2) is 5.24. The van der Waals surface area contributed by atoms with E-state index >= 15 is 0 Å². The van der Waals surface area contributed by atoms with E-state index in [4.69, 9.17) is 5.73 Å². The van der Waals surface area contributed by atoms with E-state index in [1.54, 1.807) is 0 Å². The molecule has 1 aliphatic heterocycles. The van der Waals surface area contributed by atoms with Gasteiger partial charge in [-0.3, -0.25) is 0 Å². The number of sulfone groups is 1. The minimum Gasteiger partial charge on any atom is -0.330 e. The number of rotatable bonds is 3. The molecular formula is C12H24N2O2S. The molecule has 2 N–H and O–H groups in total. The Morgan fingerprint density at radius 3 is 2.41 bits per heavy atom. The number of nitrogens with two attached hydrogens (primary N) is 1. The summed E-state index contributed by atoms with van der Waals surface area (Å²) in [5, 5.41) is 0. The van der Waals surface area contributed by atoms with Crippen molar-refractivity contribution >= 4 is 9.84 Å². The van der Waals surface area contributed by atoms with Gasteiger partial charge in [0.25, 0.3) is 0 Å². The summed E-state index contributed by atoms with van der Waals surface area (Å²) in [6.45, 7) is 3.36. The van der Waals surface area contributed by atoms with Crippen molar-refractivity contribution in [2.24, 2.45) is 11.1 Å². The molecule has 0 amide bonds. The third-order valence-corrected chi connectivity index (χ3v) is 6.02. The van der Waals surface area contributed by atoms with Crippen LogP contribution in [0.4, 0.5) is 0 Å². The quantitative estimate of drug-likeness (QED) is 0.808. The second-order valence-electron chi connectivity index (χ2n) is 5.69. The third-order valence-electron chi connectivity index (χ3n) is 4.30. The van der Waals surface area contributed by atoms with Crippen LogP contribution < -0.4 is 5.73 Å². The summed E-state index contributed by atoms with van der Waals surface area (Å²) in [5.41, 5.74) is 6.21. The first-order valence-corrected chi connectivity index (χ1v) is 8.50. The SMILES string of the molecule is NCC1(CN2CCCS(=O)(=O)CC2)CCCC1. The van der Waals surface area contributed by atoms with Crippen molar-refractivity contribution < 1.29 is 8.42 Å². The maximum absolute atomic E-state index is 11.6. The van der Waals surface area contributed by atoms with Crippen molar-refractivity contribution in [3.63, 3.8) is 0 Å². The van der Waals surface area contributed by atoms with Gasteiger partial charge in [0.15, 0.2) is 9.84 Å². The third kappa shape index (κ3) is 3.42. The predicted molar refractivity (Wildman–Crippen MR) is 69.7 cm³/mol. The molecule has 0 spiro atoms. The zero-order chi connectivity index (χ0) is 12.4. The molecule has 0 unspecified atom stereocenters. The topological polar surface area (TPSA) is 63.4 Å². The van der Waals surface area contributed by atoms with Crippen LogP contribution in [0.1, 0.15) is 32.1 Å². The van der Waals surface area contributed by atoms with Gasteiger partial charge in [-0.2, -0.15) is 0 Å². The molecule has 0 radical (unpaired) electrons. The Kier molecular flexibility index (Phi) is 4.10. The Bertz CT molecular complexity index is 348. The zero-order valence-electron chi connectivity index (χ0n) is 10.5. The van der Waals surface area contributed by atoms with Crippen LogP contribution >= 0.6 is 0 Å². The Morgan fingerprint density at radius 1 is 1.06 bits per heavy atom. The van der Waals surface area contributed by atoms with Gasteiger partial charge >= 0.3 is 0 Å². The van der Waals surface area contributed by atoms with E-state index in [9.17, 15) is 8.42 Å². The first kappa shape index (κ1) is 13.3. The van der Waals surface area contributed by atoms with Crippen molar-refractivity contribution in [2.45, 2.75) is 32.1 Å². The minimum atomic E-state index is -2.79. The summed E-state index contributed by atoms with van der Waals surface area (Å²) in [6.07, 6.45) is 5.77. The molecule has 2 aliphatic rings. The fourth-order valence-corrected chi connectivity index (χ4v) is 4.48.